The molecule has 55 heteroatoms. The molecular weight excluding hydrogens is 1700 g/mol. The first-order chi connectivity index (χ1) is 57.0. The number of thiol groups is 1. The number of hydrogen-bond acceptors (Lipinski definition) is 37. The zero-order valence-corrected chi connectivity index (χ0v) is 71.3. The highest BCUT2D eigenvalue weighted by molar-refractivity contribution is 7.98. The summed E-state index contributed by atoms with van der Waals surface area (Å²) in [4.78, 5) is 176. The van der Waals surface area contributed by atoms with Gasteiger partial charge in [0.25, 0.3) is 0 Å². The largest absolute Gasteiger partial charge is 0.481 e. The monoisotopic (exact) mass is 1840 g/mol. The fourth-order valence-electron chi connectivity index (χ4n) is 6.14. The minimum absolute atomic E-state index is 0.0213. The Morgan fingerprint density at radius 1 is 0.492 bits per heavy atom. The van der Waals surface area contributed by atoms with Crippen molar-refractivity contribution in [3.05, 3.63) is 54.1 Å². The number of aliphatic hydroxyl groups excluding tert-OH is 2. The molecule has 1 aliphatic rings. The topological polar surface area (TPSA) is 1090 Å². The molecule has 3 rings (SSSR count). The summed E-state index contributed by atoms with van der Waals surface area (Å²) in [7, 11) is 0. The van der Waals surface area contributed by atoms with Crippen molar-refractivity contribution in [2.45, 2.75) is 216 Å². The summed E-state index contributed by atoms with van der Waals surface area (Å²) in [6.45, 7) is 9.66. The molecule has 0 saturated carbocycles. The van der Waals surface area contributed by atoms with Gasteiger partial charge in [0.1, 0.15) is 78.5 Å². The Kier molecular flexibility index (Phi) is 96.3. The molecule has 50 N–H and O–H groups in total. The third-order valence-corrected chi connectivity index (χ3v) is 14.9. The molecule has 1 fully saturated rings. The Balaban J connectivity index is -0.000000124. The van der Waals surface area contributed by atoms with Crippen molar-refractivity contribution in [1.82, 2.24) is 15.3 Å². The summed E-state index contributed by atoms with van der Waals surface area (Å²) in [6, 6.07) is -1.79. The van der Waals surface area contributed by atoms with Gasteiger partial charge in [0, 0.05) is 36.9 Å². The number of nitrogens with two attached hydrogens (primary N) is 15. The van der Waals surface area contributed by atoms with Crippen LogP contribution in [0, 0.1) is 11.8 Å². The molecule has 1 amide bonds. The molecule has 2 heterocycles. The molecule has 15 atom stereocenters. The number of H-pyrrole nitrogens is 1. The zero-order chi connectivity index (χ0) is 99.8. The summed E-state index contributed by atoms with van der Waals surface area (Å²) < 4.78 is 0. The number of nitrogens with zero attached hydrogens (tertiary/aromatic N) is 1. The lowest BCUT2D eigenvalue weighted by Crippen LogP contribution is -2.39. The molecule has 0 aliphatic carbocycles. The summed E-state index contributed by atoms with van der Waals surface area (Å²) in [5.41, 5.74) is 77.2. The van der Waals surface area contributed by atoms with Gasteiger partial charge in [-0.2, -0.15) is 24.4 Å². The molecule has 0 unspecified atom stereocenters. The first-order valence-electron chi connectivity index (χ1n) is 36.5. The number of thioether (sulfide) groups is 1. The maximum Gasteiger partial charge on any atom is 0.323 e. The van der Waals surface area contributed by atoms with Gasteiger partial charge in [-0.15, -0.1) is 0 Å². The number of carbonyl (C=O) groups excluding carboxylic acids is 1. The van der Waals surface area contributed by atoms with Gasteiger partial charge in [-0.3, -0.25) is 81.5 Å². The van der Waals surface area contributed by atoms with Crippen LogP contribution in [0.25, 0.3) is 0 Å². The number of rotatable bonds is 40. The maximum atomic E-state index is 10.4. The first-order valence-corrected chi connectivity index (χ1v) is 38.5. The lowest BCUT2D eigenvalue weighted by atomic mass is 10.0. The van der Waals surface area contributed by atoms with Gasteiger partial charge in [0.05, 0.1) is 32.0 Å². The SMILES string of the molecule is CC(C)C[C@H](N)C(=O)O.CC[C@H](C)[C@H](N)C(=O)O.CSCC[C@H](N)C(=O)O.C[C@@H](O)[C@H](N)C(=O)O.NC(=O)CC[C@H](N)C(=O)O.NCC(=O)O.NCCCC[C@H](N)C(=O)O.N[C@@H](CC(=O)O)C(=O)O.N[C@@H](CCC(=O)O)C(=O)O.N[C@@H](CO)C(=O)O.N[C@@H](CS)C(=O)O.N[C@@H](Cc1ccccc1)C(=O)O.N[C@@H](Cc1cnc[nH]1)C(=O)O.O=C(O)[C@@H]1CCCN1. The van der Waals surface area contributed by atoms with E-state index in [1.807, 2.05) is 64.3 Å². The molecule has 1 aliphatic heterocycles. The van der Waals surface area contributed by atoms with Gasteiger partial charge in [-0.1, -0.05) is 70.9 Å². The quantitative estimate of drug-likeness (QED) is 0.0218. The van der Waals surface area contributed by atoms with E-state index >= 15 is 0 Å². The van der Waals surface area contributed by atoms with Crippen molar-refractivity contribution in [2.75, 3.05) is 44.0 Å². The molecule has 0 radical (unpaired) electrons. The van der Waals surface area contributed by atoms with Gasteiger partial charge in [-0.05, 0) is 107 Å². The highest BCUT2D eigenvalue weighted by atomic mass is 32.2. The van der Waals surface area contributed by atoms with E-state index < -0.39 is 193 Å². The van der Waals surface area contributed by atoms with Crippen LogP contribution in [-0.2, 0) is 94.3 Å². The molecule has 722 valence electrons. The second-order valence-corrected chi connectivity index (χ2v) is 26.8. The maximum absolute atomic E-state index is 10.4. The third-order valence-electron chi connectivity index (χ3n) is 13.8. The number of nitrogens with one attached hydrogen (secondary N) is 2. The number of primary amides is 1. The van der Waals surface area contributed by atoms with Crippen LogP contribution in [0.1, 0.15) is 129 Å². The van der Waals surface area contributed by atoms with Crippen LogP contribution in [0.3, 0.4) is 0 Å². The van der Waals surface area contributed by atoms with E-state index in [0.29, 0.717) is 38.1 Å². The fraction of sp³-hybridized carbons (Fsp3) is 0.623. The average molecular weight is 1840 g/mol. The van der Waals surface area contributed by atoms with Gasteiger partial charge >= 0.3 is 95.5 Å². The molecule has 124 heavy (non-hydrogen) atoms. The van der Waals surface area contributed by atoms with Crippen LogP contribution in [-0.4, -0.2) is 332 Å². The third kappa shape index (κ3) is 104. The Bertz CT molecular complexity index is 3190. The number of imidazole rings is 1. The molecule has 2 aromatic rings. The van der Waals surface area contributed by atoms with Crippen LogP contribution in [0.5, 0.6) is 0 Å². The number of aliphatic carboxylic acids is 16. The van der Waals surface area contributed by atoms with Crippen LogP contribution < -0.4 is 91.3 Å². The number of aromatic amines is 1. The van der Waals surface area contributed by atoms with Crippen LogP contribution in [0.15, 0.2) is 42.9 Å². The number of aromatic nitrogens is 2. The molecule has 0 spiro atoms. The number of unbranched alkanes of at least 4 members (excludes halogenated alkanes) is 1. The minimum atomic E-state index is -1.29. The number of hydrogen-bond donors (Lipinski definition) is 36. The van der Waals surface area contributed by atoms with Gasteiger partial charge in [-0.25, -0.2) is 4.98 Å². The molecule has 1 saturated heterocycles. The number of carboxylic acid groups (broad SMARTS) is 16. The van der Waals surface area contributed by atoms with E-state index in [1.54, 1.807) is 18.0 Å². The lowest BCUT2D eigenvalue weighted by molar-refractivity contribution is -0.144. The minimum Gasteiger partial charge on any atom is -0.481 e. The number of aliphatic hydroxyl groups is 2. The van der Waals surface area contributed by atoms with E-state index in [9.17, 15) is 81.5 Å². The van der Waals surface area contributed by atoms with E-state index in [2.05, 4.69) is 33.6 Å². The smallest absolute Gasteiger partial charge is 0.323 e. The highest BCUT2D eigenvalue weighted by Crippen LogP contribution is 2.07. The molecule has 53 nitrogen and oxygen atoms in total. The van der Waals surface area contributed by atoms with E-state index in [-0.39, 0.29) is 56.4 Å². The van der Waals surface area contributed by atoms with Crippen molar-refractivity contribution in [1.29, 1.82) is 0 Å². The molecule has 0 bridgehead atoms. The standard InChI is InChI=1S/C9H11NO2.C6H9N3O2.C6H14N2O2.2C6H13NO2.C5H10N2O3.C5H9NO4.C5H11NO2S.C5H9NO2.C4H7NO4.C4H9NO3.C3H7NO3.C3H7NO2S.C2H5NO2/c10-8(9(11)12)6-7-4-2-1-3-5-7;7-5(6(10)11)1-4-2-8-3-9-4;7-4-2-1-3-5(8)6(9)10;1-4(2)3-5(7)6(8)9;1-3-4(2)5(7)6(8)9;2*6-3(5(9)10)1-2-4(7)8;1-9-3-2-4(6)5(7)8;7-5(8)4-2-1-3-6-4;5-2(4(8)9)1-3(6)7;1-2(6)3(5)4(7)8;4-2(1-5)3(6)7;4-2(1-7)3(5)6;3-1-2(4)5/h1-5,8H,6,10H2,(H,11,12);2-3,5H,1,7H2,(H,8,9)(H,10,11);5H,1-4,7-8H2,(H,9,10);2*4-5H,3,7H2,1-2H3,(H,8,9);3H,1-2,6H2,(H2,7,8)(H,9,10);3H,1-2,6H2,(H,7,8)(H,9,10);4H,2-3,6H2,1H3,(H,7,8);4,6H,1-3H2,(H,7,8);2H,1,5H2,(H,6,7)(H,8,9);2-3,6H,5H2,1H3,(H,7,8);2,5H,1,4H2,(H,6,7);2,7H,1,4H2,(H,5,6);1,3H2,(H,4,5)/t8-;3*5-;4-,5-;2*3-;2*4-;2-;2-,3+;2*2-;/m0000000000100./s1. The number of amides is 1. The normalized spacial score (nSPS) is 14.2. The van der Waals surface area contributed by atoms with Crippen molar-refractivity contribution in [2.24, 2.45) is 97.8 Å². The Labute approximate surface area is 723 Å². The number of carboxylic acids is 16. The highest BCUT2D eigenvalue weighted by Gasteiger charge is 2.22. The summed E-state index contributed by atoms with van der Waals surface area (Å²) in [5.74, 6) is -15.6. The van der Waals surface area contributed by atoms with Crippen molar-refractivity contribution < 1.29 is 173 Å². The average Bonchev–Trinajstić information content (AvgIpc) is 1.81. The zero-order valence-electron chi connectivity index (χ0n) is 69.6. The molecule has 1 aromatic heterocycles. The lowest BCUT2D eigenvalue weighted by Gasteiger charge is -2.11. The summed E-state index contributed by atoms with van der Waals surface area (Å²) >= 11 is 5.25. The van der Waals surface area contributed by atoms with Crippen LogP contribution in [0.4, 0.5) is 0 Å². The molecular formula is C69H134N18O35S2. The summed E-state index contributed by atoms with van der Waals surface area (Å²) in [6.07, 6.45) is 9.90. The van der Waals surface area contributed by atoms with Crippen LogP contribution >= 0.6 is 24.4 Å². The molecule has 1 aromatic carbocycles. The predicted molar refractivity (Wildman–Crippen MR) is 450 cm³/mol. The number of carbonyl (C=O) groups is 17. The fourth-order valence-corrected chi connectivity index (χ4v) is 6.79. The van der Waals surface area contributed by atoms with Crippen molar-refractivity contribution in [3.8, 4) is 0 Å². The second kappa shape index (κ2) is 87.3. The van der Waals surface area contributed by atoms with Gasteiger partial charge < -0.3 is 188 Å². The van der Waals surface area contributed by atoms with E-state index in [4.69, 9.17) is 172 Å². The van der Waals surface area contributed by atoms with Crippen molar-refractivity contribution in [3.63, 3.8) is 0 Å². The van der Waals surface area contributed by atoms with Crippen LogP contribution in [0.2, 0.25) is 0 Å². The Morgan fingerprint density at radius 2 is 0.887 bits per heavy atom. The Morgan fingerprint density at radius 3 is 1.11 bits per heavy atom. The van der Waals surface area contributed by atoms with Gasteiger partial charge in [0.2, 0.25) is 5.91 Å². The predicted octanol–water partition coefficient (Wildman–Crippen LogP) is -7.28. The Hall–Kier alpha value is -10.6. The van der Waals surface area contributed by atoms with E-state index in [1.165, 1.54) is 13.3 Å². The summed E-state index contributed by atoms with van der Waals surface area (Å²) in [5, 5.41) is 150. The van der Waals surface area contributed by atoms with Crippen molar-refractivity contribution >= 4 is 126 Å². The van der Waals surface area contributed by atoms with E-state index in [0.717, 1.165) is 55.7 Å². The number of benzene rings is 1. The van der Waals surface area contributed by atoms with Gasteiger partial charge in [0.15, 0.2) is 0 Å². The second-order valence-electron chi connectivity index (χ2n) is 25.5. The first kappa shape index (κ1) is 137.